The van der Waals surface area contributed by atoms with E-state index in [-0.39, 0.29) is 0 Å². The van der Waals surface area contributed by atoms with Crippen LogP contribution in [-0.4, -0.2) is 32.3 Å². The molecule has 0 aromatic carbocycles. The van der Waals surface area contributed by atoms with Crippen LogP contribution in [0.1, 0.15) is 6.92 Å². The van der Waals surface area contributed by atoms with Crippen molar-refractivity contribution >= 4 is 24.7 Å². The third-order valence-corrected chi connectivity index (χ3v) is 4.77. The first-order valence-corrected chi connectivity index (χ1v) is 7.07. The summed E-state index contributed by atoms with van der Waals surface area (Å²) >= 11 is 1.33. The molecule has 3 nitrogen and oxygen atoms in total. The van der Waals surface area contributed by atoms with Crippen LogP contribution in [-0.2, 0) is 9.09 Å². The van der Waals surface area contributed by atoms with Gasteiger partial charge in [0.25, 0.3) is 6.57 Å². The van der Waals surface area contributed by atoms with Crippen LogP contribution in [0, 0.1) is 0 Å². The maximum atomic E-state index is 11.4. The quantitative estimate of drug-likeness (QED) is 0.371. The van der Waals surface area contributed by atoms with Crippen LogP contribution in [0.5, 0.6) is 0 Å². The van der Waals surface area contributed by atoms with E-state index in [1.807, 2.05) is 6.92 Å². The van der Waals surface area contributed by atoms with Crippen LogP contribution in [0.25, 0.3) is 0 Å². The number of nitrogens with zero attached hydrogens (tertiary/aromatic N) is 1. The molecule has 66 valence electrons. The van der Waals surface area contributed by atoms with Crippen LogP contribution in [0.15, 0.2) is 4.99 Å². The molecule has 0 aliphatic heterocycles. The van der Waals surface area contributed by atoms with Crippen molar-refractivity contribution in [2.75, 3.05) is 25.6 Å². The van der Waals surface area contributed by atoms with Crippen molar-refractivity contribution in [3.63, 3.8) is 0 Å². The molecule has 0 fully saturated rings. The summed E-state index contributed by atoms with van der Waals surface area (Å²) in [6.45, 7) is 5.54. The second-order valence-electron chi connectivity index (χ2n) is 1.97. The highest BCUT2D eigenvalue weighted by Crippen LogP contribution is 2.55. The lowest BCUT2D eigenvalue weighted by Gasteiger charge is -2.09. The summed E-state index contributed by atoms with van der Waals surface area (Å²) in [4.78, 5) is 3.65. The monoisotopic (exact) mass is 195 g/mol. The zero-order valence-corrected chi connectivity index (χ0v) is 8.66. The van der Waals surface area contributed by atoms with E-state index >= 15 is 0 Å². The molecule has 0 rings (SSSR count). The van der Waals surface area contributed by atoms with Gasteiger partial charge in [0.05, 0.1) is 6.61 Å². The molecular formula is C6H14NO2PS. The molecule has 0 saturated heterocycles. The Morgan fingerprint density at radius 1 is 1.73 bits per heavy atom. The van der Waals surface area contributed by atoms with Crippen molar-refractivity contribution in [1.82, 2.24) is 0 Å². The van der Waals surface area contributed by atoms with Crippen molar-refractivity contribution in [1.29, 1.82) is 0 Å². The Kier molecular flexibility index (Phi) is 5.92. The smallest absolute Gasteiger partial charge is 0.254 e. The van der Waals surface area contributed by atoms with E-state index in [1.54, 1.807) is 6.66 Å². The molecule has 0 heterocycles. The summed E-state index contributed by atoms with van der Waals surface area (Å²) in [6.07, 6.45) is 0. The van der Waals surface area contributed by atoms with E-state index in [2.05, 4.69) is 11.7 Å². The van der Waals surface area contributed by atoms with Gasteiger partial charge >= 0.3 is 0 Å². The summed E-state index contributed by atoms with van der Waals surface area (Å²) in [5, 5.41) is 0. The molecule has 5 heteroatoms. The normalized spacial score (nSPS) is 15.8. The Bertz CT molecular complexity index is 163. The summed E-state index contributed by atoms with van der Waals surface area (Å²) in [6, 6.07) is 0. The molecule has 0 spiro atoms. The first-order valence-electron chi connectivity index (χ1n) is 3.41. The predicted octanol–water partition coefficient (Wildman–Crippen LogP) is 2.28. The predicted molar refractivity (Wildman–Crippen MR) is 52.0 cm³/mol. The maximum absolute atomic E-state index is 11.4. The topological polar surface area (TPSA) is 38.7 Å². The van der Waals surface area contributed by atoms with Crippen molar-refractivity contribution in [3.8, 4) is 0 Å². The second-order valence-corrected chi connectivity index (χ2v) is 7.20. The van der Waals surface area contributed by atoms with Gasteiger partial charge in [-0.3, -0.25) is 4.57 Å². The van der Waals surface area contributed by atoms with Gasteiger partial charge < -0.3 is 9.52 Å². The summed E-state index contributed by atoms with van der Waals surface area (Å²) in [5.74, 6) is 0.720. The highest BCUT2D eigenvalue weighted by molar-refractivity contribution is 8.56. The lowest BCUT2D eigenvalue weighted by Crippen LogP contribution is -1.88. The van der Waals surface area contributed by atoms with E-state index < -0.39 is 6.57 Å². The lowest BCUT2D eigenvalue weighted by atomic mass is 10.8. The minimum absolute atomic E-state index is 0.502. The van der Waals surface area contributed by atoms with E-state index in [1.165, 1.54) is 11.4 Å². The first-order chi connectivity index (χ1) is 5.12. The third kappa shape index (κ3) is 6.60. The highest BCUT2D eigenvalue weighted by atomic mass is 32.7. The van der Waals surface area contributed by atoms with Crippen molar-refractivity contribution in [2.24, 2.45) is 4.99 Å². The van der Waals surface area contributed by atoms with Crippen LogP contribution in [0.4, 0.5) is 0 Å². The Hall–Kier alpha value is 0.210. The Morgan fingerprint density at radius 2 is 2.36 bits per heavy atom. The molecule has 0 saturated carbocycles. The van der Waals surface area contributed by atoms with Gasteiger partial charge in [-0.1, -0.05) is 11.4 Å². The van der Waals surface area contributed by atoms with E-state index in [0.29, 0.717) is 13.2 Å². The molecule has 0 amide bonds. The van der Waals surface area contributed by atoms with Crippen LogP contribution >= 0.6 is 18.0 Å². The molecule has 0 aliphatic rings. The fourth-order valence-corrected chi connectivity index (χ4v) is 3.41. The fraction of sp³-hybridized carbons (Fsp3) is 0.833. The van der Waals surface area contributed by atoms with Crippen molar-refractivity contribution in [2.45, 2.75) is 6.92 Å². The molecule has 0 radical (unpaired) electrons. The van der Waals surface area contributed by atoms with Gasteiger partial charge in [-0.25, -0.2) is 0 Å². The molecule has 0 aliphatic carbocycles. The average molecular weight is 195 g/mol. The molecule has 0 bridgehead atoms. The first kappa shape index (κ1) is 11.2. The fourth-order valence-electron chi connectivity index (χ4n) is 0.543. The number of rotatable bonds is 6. The Labute approximate surface area is 71.8 Å². The molecule has 0 N–H and O–H groups in total. The van der Waals surface area contributed by atoms with Crippen LogP contribution < -0.4 is 0 Å². The number of aliphatic imine (C=N–C) groups is 1. The zero-order chi connectivity index (χ0) is 8.74. The van der Waals surface area contributed by atoms with Crippen LogP contribution in [0.3, 0.4) is 0 Å². The summed E-state index contributed by atoms with van der Waals surface area (Å²) in [5.41, 5.74) is 0. The third-order valence-electron chi connectivity index (χ3n) is 0.939. The van der Waals surface area contributed by atoms with Gasteiger partial charge in [0, 0.05) is 19.0 Å². The number of hydrogen-bond donors (Lipinski definition) is 0. The van der Waals surface area contributed by atoms with Gasteiger partial charge in [0.2, 0.25) is 0 Å². The van der Waals surface area contributed by atoms with Gasteiger partial charge in [0.15, 0.2) is 0 Å². The molecule has 1 atom stereocenters. The molecular weight excluding hydrogens is 181 g/mol. The van der Waals surface area contributed by atoms with Gasteiger partial charge in [-0.2, -0.15) is 0 Å². The van der Waals surface area contributed by atoms with Crippen molar-refractivity contribution in [3.05, 3.63) is 0 Å². The average Bonchev–Trinajstić information content (AvgIpc) is 1.87. The molecule has 11 heavy (non-hydrogen) atoms. The van der Waals surface area contributed by atoms with E-state index in [9.17, 15) is 4.57 Å². The lowest BCUT2D eigenvalue weighted by molar-refractivity contribution is 0.350. The molecule has 0 aromatic heterocycles. The summed E-state index contributed by atoms with van der Waals surface area (Å²) < 4.78 is 16.4. The molecule has 0 aromatic rings. The van der Waals surface area contributed by atoms with Gasteiger partial charge in [0.1, 0.15) is 0 Å². The van der Waals surface area contributed by atoms with Crippen molar-refractivity contribution < 1.29 is 9.09 Å². The Balaban J connectivity index is 3.54. The highest BCUT2D eigenvalue weighted by Gasteiger charge is 2.14. The van der Waals surface area contributed by atoms with E-state index in [4.69, 9.17) is 4.52 Å². The minimum atomic E-state index is -2.39. The van der Waals surface area contributed by atoms with Gasteiger partial charge in [-0.15, -0.1) is 0 Å². The maximum Gasteiger partial charge on any atom is 0.254 e. The second kappa shape index (κ2) is 5.81. The standard InChI is InChI=1S/C6H14NO2PS/c1-4-9-10(3,8)11-6-5-7-2/h2,4-6H2,1,3H3. The minimum Gasteiger partial charge on any atom is -0.322 e. The zero-order valence-electron chi connectivity index (χ0n) is 6.95. The van der Waals surface area contributed by atoms with E-state index in [0.717, 1.165) is 5.75 Å². The summed E-state index contributed by atoms with van der Waals surface area (Å²) in [7, 11) is 0. The van der Waals surface area contributed by atoms with Gasteiger partial charge in [-0.05, 0) is 13.6 Å². The largest absolute Gasteiger partial charge is 0.322 e. The SMILES string of the molecule is C=NCCSP(C)(=O)OCC. The number of hydrogen-bond acceptors (Lipinski definition) is 4. The molecule has 1 unspecified atom stereocenters. The van der Waals surface area contributed by atoms with Crippen LogP contribution in [0.2, 0.25) is 0 Å². The Morgan fingerprint density at radius 3 is 2.82 bits per heavy atom.